The predicted octanol–water partition coefficient (Wildman–Crippen LogP) is 1.92. The van der Waals surface area contributed by atoms with E-state index in [2.05, 4.69) is 32.3 Å². The van der Waals surface area contributed by atoms with Crippen LogP contribution >= 0.6 is 15.9 Å². The van der Waals surface area contributed by atoms with Gasteiger partial charge in [-0.25, -0.2) is 4.98 Å². The molecule has 0 radical (unpaired) electrons. The minimum atomic E-state index is -0.173. The van der Waals surface area contributed by atoms with Gasteiger partial charge in [0.05, 0.1) is 12.3 Å². The Morgan fingerprint density at radius 2 is 2.26 bits per heavy atom. The molecule has 6 heteroatoms. The Kier molecular flexibility index (Phi) is 4.75. The van der Waals surface area contributed by atoms with E-state index >= 15 is 0 Å². The topological polar surface area (TPSA) is 78.2 Å². The van der Waals surface area contributed by atoms with E-state index in [9.17, 15) is 5.11 Å². The van der Waals surface area contributed by atoms with Gasteiger partial charge in [-0.1, -0.05) is 0 Å². The first-order valence-electron chi connectivity index (χ1n) is 6.17. The highest BCUT2D eigenvalue weighted by Gasteiger charge is 2.32. The molecule has 1 aliphatic heterocycles. The van der Waals surface area contributed by atoms with Gasteiger partial charge < -0.3 is 15.2 Å². The lowest BCUT2D eigenvalue weighted by molar-refractivity contribution is -0.00858. The van der Waals surface area contributed by atoms with Gasteiger partial charge >= 0.3 is 0 Å². The minimum absolute atomic E-state index is 0.118. The number of nitriles is 1. The molecule has 1 fully saturated rings. The van der Waals surface area contributed by atoms with Crippen LogP contribution in [0.15, 0.2) is 16.7 Å². The second kappa shape index (κ2) is 6.33. The monoisotopic (exact) mass is 325 g/mol. The van der Waals surface area contributed by atoms with Gasteiger partial charge in [-0.3, -0.25) is 0 Å². The predicted molar refractivity (Wildman–Crippen MR) is 74.7 cm³/mol. The van der Waals surface area contributed by atoms with Crippen LogP contribution in [0.4, 0.5) is 5.69 Å². The first kappa shape index (κ1) is 14.3. The molecule has 5 nitrogen and oxygen atoms in total. The molecule has 0 amide bonds. The van der Waals surface area contributed by atoms with Crippen LogP contribution in [-0.2, 0) is 4.74 Å². The highest BCUT2D eigenvalue weighted by molar-refractivity contribution is 9.10. The van der Waals surface area contributed by atoms with Crippen molar-refractivity contribution in [2.75, 3.05) is 31.7 Å². The van der Waals surface area contributed by atoms with Gasteiger partial charge in [-0.05, 0) is 34.8 Å². The largest absolute Gasteiger partial charge is 0.396 e. The molecule has 0 unspecified atom stereocenters. The van der Waals surface area contributed by atoms with Gasteiger partial charge in [0, 0.05) is 35.8 Å². The average Bonchev–Trinajstić information content (AvgIpc) is 2.46. The Bertz CT molecular complexity index is 481. The molecule has 2 rings (SSSR count). The summed E-state index contributed by atoms with van der Waals surface area (Å²) in [5.41, 5.74) is 0.882. The van der Waals surface area contributed by atoms with E-state index in [-0.39, 0.29) is 12.0 Å². The smallest absolute Gasteiger partial charge is 0.163 e. The maximum atomic E-state index is 9.62. The van der Waals surface area contributed by atoms with Crippen molar-refractivity contribution in [2.45, 2.75) is 12.8 Å². The van der Waals surface area contributed by atoms with Crippen LogP contribution in [0.3, 0.4) is 0 Å². The summed E-state index contributed by atoms with van der Waals surface area (Å²) in [4.78, 5) is 4.05. The number of aromatic nitrogens is 1. The summed E-state index contributed by atoms with van der Waals surface area (Å²) in [6.45, 7) is 2.07. The quantitative estimate of drug-likeness (QED) is 0.884. The summed E-state index contributed by atoms with van der Waals surface area (Å²) in [5.74, 6) is 0. The zero-order valence-corrected chi connectivity index (χ0v) is 12.1. The third kappa shape index (κ3) is 3.44. The Hall–Kier alpha value is -1.16. The fourth-order valence-electron chi connectivity index (χ4n) is 2.14. The van der Waals surface area contributed by atoms with E-state index in [1.807, 2.05) is 6.07 Å². The Labute approximate surface area is 120 Å². The van der Waals surface area contributed by atoms with E-state index in [0.717, 1.165) is 17.3 Å². The lowest BCUT2D eigenvalue weighted by atomic mass is 9.81. The lowest BCUT2D eigenvalue weighted by Crippen LogP contribution is -2.39. The first-order chi connectivity index (χ1) is 9.19. The minimum Gasteiger partial charge on any atom is -0.396 e. The molecule has 1 aliphatic rings. The zero-order valence-electron chi connectivity index (χ0n) is 10.5. The maximum Gasteiger partial charge on any atom is 0.163 e. The summed E-state index contributed by atoms with van der Waals surface area (Å²) < 4.78 is 6.15. The molecule has 0 saturated carbocycles. The third-order valence-corrected chi connectivity index (χ3v) is 3.94. The van der Waals surface area contributed by atoms with E-state index in [1.165, 1.54) is 0 Å². The summed E-state index contributed by atoms with van der Waals surface area (Å²) in [6.07, 6.45) is 3.24. The number of aliphatic hydroxyl groups is 1. The van der Waals surface area contributed by atoms with Crippen molar-refractivity contribution >= 4 is 21.6 Å². The van der Waals surface area contributed by atoms with Crippen molar-refractivity contribution in [1.29, 1.82) is 5.26 Å². The van der Waals surface area contributed by atoms with Crippen LogP contribution in [0.25, 0.3) is 0 Å². The number of rotatable bonds is 4. The number of nitrogens with zero attached hydrogens (tertiary/aromatic N) is 2. The van der Waals surface area contributed by atoms with Crippen molar-refractivity contribution in [3.05, 3.63) is 22.4 Å². The summed E-state index contributed by atoms with van der Waals surface area (Å²) in [5, 5.41) is 21.9. The highest BCUT2D eigenvalue weighted by atomic mass is 79.9. The standard InChI is InChI=1S/C13H16BrN3O2/c14-10-5-11(12(6-15)16-7-10)17-8-13(9-18)1-3-19-4-2-13/h5,7,17-18H,1-4,8-9H2. The second-order valence-electron chi connectivity index (χ2n) is 4.79. The molecular weight excluding hydrogens is 310 g/mol. The van der Waals surface area contributed by atoms with Gasteiger partial charge in [0.15, 0.2) is 5.69 Å². The molecule has 1 aromatic heterocycles. The summed E-state index contributed by atoms with van der Waals surface area (Å²) in [6, 6.07) is 3.89. The molecule has 0 atom stereocenters. The molecule has 0 aromatic carbocycles. The SMILES string of the molecule is N#Cc1ncc(Br)cc1NCC1(CO)CCOCC1. The van der Waals surface area contributed by atoms with Crippen LogP contribution in [0.2, 0.25) is 0 Å². The molecule has 0 spiro atoms. The molecule has 2 heterocycles. The number of anilines is 1. The molecule has 102 valence electrons. The van der Waals surface area contributed by atoms with Crippen LogP contribution < -0.4 is 5.32 Å². The first-order valence-corrected chi connectivity index (χ1v) is 6.96. The molecule has 1 aromatic rings. The molecule has 2 N–H and O–H groups in total. The van der Waals surface area contributed by atoms with Crippen LogP contribution in [0.1, 0.15) is 18.5 Å². The Morgan fingerprint density at radius 3 is 2.89 bits per heavy atom. The normalized spacial score (nSPS) is 17.7. The maximum absolute atomic E-state index is 9.62. The Morgan fingerprint density at radius 1 is 1.53 bits per heavy atom. The second-order valence-corrected chi connectivity index (χ2v) is 5.70. The summed E-state index contributed by atoms with van der Waals surface area (Å²) >= 11 is 3.34. The fourth-order valence-corrected chi connectivity index (χ4v) is 2.47. The fraction of sp³-hybridized carbons (Fsp3) is 0.538. The number of nitrogens with one attached hydrogen (secondary N) is 1. The van der Waals surface area contributed by atoms with E-state index in [4.69, 9.17) is 10.00 Å². The third-order valence-electron chi connectivity index (χ3n) is 3.50. The molecule has 19 heavy (non-hydrogen) atoms. The molecule has 1 saturated heterocycles. The van der Waals surface area contributed by atoms with Crippen LogP contribution in [-0.4, -0.2) is 36.5 Å². The van der Waals surface area contributed by atoms with Crippen molar-refractivity contribution in [1.82, 2.24) is 4.98 Å². The number of hydrogen-bond acceptors (Lipinski definition) is 5. The lowest BCUT2D eigenvalue weighted by Gasteiger charge is -2.35. The molecular formula is C13H16BrN3O2. The van der Waals surface area contributed by atoms with Crippen molar-refractivity contribution < 1.29 is 9.84 Å². The van der Waals surface area contributed by atoms with E-state index < -0.39 is 0 Å². The Balaban J connectivity index is 2.09. The van der Waals surface area contributed by atoms with Gasteiger partial charge in [0.1, 0.15) is 6.07 Å². The average molecular weight is 326 g/mol. The van der Waals surface area contributed by atoms with Crippen LogP contribution in [0.5, 0.6) is 0 Å². The highest BCUT2D eigenvalue weighted by Crippen LogP contribution is 2.31. The van der Waals surface area contributed by atoms with Gasteiger partial charge in [-0.15, -0.1) is 0 Å². The zero-order chi connectivity index (χ0) is 13.7. The molecule has 0 bridgehead atoms. The van der Waals surface area contributed by atoms with Crippen molar-refractivity contribution in [2.24, 2.45) is 5.41 Å². The van der Waals surface area contributed by atoms with Crippen molar-refractivity contribution in [3.8, 4) is 6.07 Å². The number of ether oxygens (including phenoxy) is 1. The number of hydrogen-bond donors (Lipinski definition) is 2. The van der Waals surface area contributed by atoms with Gasteiger partial charge in [0.25, 0.3) is 0 Å². The van der Waals surface area contributed by atoms with Gasteiger partial charge in [-0.2, -0.15) is 5.26 Å². The van der Waals surface area contributed by atoms with Crippen LogP contribution in [0, 0.1) is 16.7 Å². The number of halogens is 1. The molecule has 0 aliphatic carbocycles. The number of aliphatic hydroxyl groups excluding tert-OH is 1. The summed E-state index contributed by atoms with van der Waals surface area (Å²) in [7, 11) is 0. The van der Waals surface area contributed by atoms with Gasteiger partial charge in [0.2, 0.25) is 0 Å². The number of pyridine rings is 1. The van der Waals surface area contributed by atoms with Crippen molar-refractivity contribution in [3.63, 3.8) is 0 Å². The van der Waals surface area contributed by atoms with E-state index in [0.29, 0.717) is 31.1 Å². The van der Waals surface area contributed by atoms with E-state index in [1.54, 1.807) is 6.20 Å².